The molecule has 0 unspecified atom stereocenters. The number of amides is 1. The molecule has 0 bridgehead atoms. The van der Waals surface area contributed by atoms with E-state index >= 15 is 0 Å². The number of benzene rings is 1. The topological polar surface area (TPSA) is 90.6 Å². The average molecular weight is 318 g/mol. The van der Waals surface area contributed by atoms with Gasteiger partial charge in [0.05, 0.1) is 12.7 Å². The molecular formula is C17H22N2O4. The number of anilines is 1. The van der Waals surface area contributed by atoms with Gasteiger partial charge in [-0.15, -0.1) is 0 Å². The van der Waals surface area contributed by atoms with Gasteiger partial charge in [-0.25, -0.2) is 9.59 Å². The van der Waals surface area contributed by atoms with Crippen LogP contribution in [0.5, 0.6) is 0 Å². The highest BCUT2D eigenvalue weighted by Gasteiger charge is 2.15. The summed E-state index contributed by atoms with van der Waals surface area (Å²) in [5.74, 6) is 5.33. The van der Waals surface area contributed by atoms with Crippen LogP contribution in [-0.4, -0.2) is 31.3 Å². The Morgan fingerprint density at radius 3 is 2.61 bits per heavy atom. The molecule has 1 aromatic rings. The average Bonchev–Trinajstić information content (AvgIpc) is 2.46. The maximum absolute atomic E-state index is 11.5. The number of ether oxygens (including phenoxy) is 2. The largest absolute Gasteiger partial charge is 0.465 e. The van der Waals surface area contributed by atoms with Crippen LogP contribution in [0.4, 0.5) is 10.5 Å². The minimum absolute atomic E-state index is 0.360. The first kappa shape index (κ1) is 18.4. The maximum Gasteiger partial charge on any atom is 0.407 e. The van der Waals surface area contributed by atoms with Gasteiger partial charge >= 0.3 is 12.1 Å². The van der Waals surface area contributed by atoms with Crippen molar-refractivity contribution in [3.8, 4) is 11.8 Å². The van der Waals surface area contributed by atoms with Crippen molar-refractivity contribution in [2.24, 2.45) is 0 Å². The van der Waals surface area contributed by atoms with Gasteiger partial charge in [0, 0.05) is 24.2 Å². The van der Waals surface area contributed by atoms with Crippen molar-refractivity contribution in [3.63, 3.8) is 0 Å². The molecule has 0 heterocycles. The van der Waals surface area contributed by atoms with Crippen LogP contribution < -0.4 is 11.1 Å². The number of methoxy groups -OCH3 is 1. The lowest BCUT2D eigenvalue weighted by atomic mass is 10.1. The quantitative estimate of drug-likeness (QED) is 0.386. The molecule has 6 nitrogen and oxygen atoms in total. The van der Waals surface area contributed by atoms with Gasteiger partial charge in [-0.1, -0.05) is 11.8 Å². The van der Waals surface area contributed by atoms with Crippen molar-refractivity contribution in [2.45, 2.75) is 32.8 Å². The van der Waals surface area contributed by atoms with Gasteiger partial charge in [0.1, 0.15) is 5.60 Å². The zero-order valence-electron chi connectivity index (χ0n) is 13.9. The number of nitrogen functional groups attached to an aromatic ring is 1. The summed E-state index contributed by atoms with van der Waals surface area (Å²) in [5.41, 5.74) is 6.70. The van der Waals surface area contributed by atoms with Gasteiger partial charge in [-0.2, -0.15) is 0 Å². The molecule has 0 saturated heterocycles. The van der Waals surface area contributed by atoms with Crippen LogP contribution in [0, 0.1) is 11.8 Å². The second-order valence-electron chi connectivity index (χ2n) is 5.77. The number of nitrogens with one attached hydrogen (secondary N) is 1. The molecule has 1 rings (SSSR count). The van der Waals surface area contributed by atoms with Gasteiger partial charge in [0.15, 0.2) is 0 Å². The van der Waals surface area contributed by atoms with Gasteiger partial charge < -0.3 is 20.5 Å². The molecule has 6 heteroatoms. The fourth-order valence-electron chi connectivity index (χ4n) is 1.61. The van der Waals surface area contributed by atoms with Gasteiger partial charge in [-0.3, -0.25) is 0 Å². The molecule has 0 aliphatic rings. The number of hydrogen-bond acceptors (Lipinski definition) is 5. The van der Waals surface area contributed by atoms with Crippen LogP contribution in [0.25, 0.3) is 0 Å². The Kier molecular flexibility index (Phi) is 6.46. The molecule has 1 amide bonds. The molecule has 3 N–H and O–H groups in total. The van der Waals surface area contributed by atoms with Gasteiger partial charge in [0.2, 0.25) is 0 Å². The number of alkyl carbamates (subject to hydrolysis) is 1. The Labute approximate surface area is 136 Å². The summed E-state index contributed by atoms with van der Waals surface area (Å²) in [6.07, 6.45) is -0.0484. The maximum atomic E-state index is 11.5. The van der Waals surface area contributed by atoms with E-state index in [-0.39, 0.29) is 0 Å². The molecule has 0 spiro atoms. The third kappa shape index (κ3) is 6.74. The van der Waals surface area contributed by atoms with E-state index in [4.69, 9.17) is 10.5 Å². The van der Waals surface area contributed by atoms with Crippen LogP contribution in [0.15, 0.2) is 18.2 Å². The monoisotopic (exact) mass is 318 g/mol. The number of esters is 1. The number of hydrogen-bond donors (Lipinski definition) is 2. The molecular weight excluding hydrogens is 296 g/mol. The fourth-order valence-corrected chi connectivity index (χ4v) is 1.61. The normalized spacial score (nSPS) is 10.3. The Morgan fingerprint density at radius 2 is 2.00 bits per heavy atom. The number of nitrogens with two attached hydrogens (primary N) is 1. The lowest BCUT2D eigenvalue weighted by Crippen LogP contribution is -2.32. The third-order valence-corrected chi connectivity index (χ3v) is 2.62. The van der Waals surface area contributed by atoms with E-state index in [9.17, 15) is 9.59 Å². The van der Waals surface area contributed by atoms with E-state index in [0.29, 0.717) is 29.8 Å². The third-order valence-electron chi connectivity index (χ3n) is 2.62. The lowest BCUT2D eigenvalue weighted by molar-refractivity contribution is 0.0527. The highest BCUT2D eigenvalue weighted by molar-refractivity contribution is 5.90. The van der Waals surface area contributed by atoms with Crippen molar-refractivity contribution in [1.82, 2.24) is 5.32 Å². The first-order valence-electron chi connectivity index (χ1n) is 7.16. The smallest absolute Gasteiger partial charge is 0.407 e. The Balaban J connectivity index is 2.57. The summed E-state index contributed by atoms with van der Waals surface area (Å²) in [7, 11) is 1.31. The summed E-state index contributed by atoms with van der Waals surface area (Å²) < 4.78 is 9.76. The van der Waals surface area contributed by atoms with Crippen molar-refractivity contribution in [3.05, 3.63) is 29.3 Å². The first-order chi connectivity index (χ1) is 10.7. The van der Waals surface area contributed by atoms with Crippen molar-refractivity contribution < 1.29 is 19.1 Å². The molecule has 0 fully saturated rings. The van der Waals surface area contributed by atoms with E-state index in [0.717, 1.165) is 0 Å². The zero-order chi connectivity index (χ0) is 17.5. The van der Waals surface area contributed by atoms with Crippen LogP contribution in [0.3, 0.4) is 0 Å². The van der Waals surface area contributed by atoms with Gasteiger partial charge in [-0.05, 0) is 39.0 Å². The lowest BCUT2D eigenvalue weighted by Gasteiger charge is -2.19. The second-order valence-corrected chi connectivity index (χ2v) is 5.77. The fraction of sp³-hybridized carbons (Fsp3) is 0.412. The predicted octanol–water partition coefficient (Wildman–Crippen LogP) is 2.32. The number of rotatable bonds is 3. The summed E-state index contributed by atoms with van der Waals surface area (Å²) in [4.78, 5) is 22.9. The summed E-state index contributed by atoms with van der Waals surface area (Å²) in [5, 5.41) is 2.61. The number of carbonyl (C=O) groups is 2. The van der Waals surface area contributed by atoms with E-state index in [1.165, 1.54) is 7.11 Å². The summed E-state index contributed by atoms with van der Waals surface area (Å²) in [6.45, 7) is 5.74. The Bertz CT molecular complexity index is 636. The minimum atomic E-state index is -0.529. The van der Waals surface area contributed by atoms with Crippen LogP contribution >= 0.6 is 0 Å². The predicted molar refractivity (Wildman–Crippen MR) is 87.9 cm³/mol. The molecule has 0 aliphatic heterocycles. The highest BCUT2D eigenvalue weighted by atomic mass is 16.6. The molecule has 0 aromatic heterocycles. The molecule has 0 radical (unpaired) electrons. The van der Waals surface area contributed by atoms with Crippen molar-refractivity contribution >= 4 is 17.7 Å². The van der Waals surface area contributed by atoms with Crippen molar-refractivity contribution in [2.75, 3.05) is 19.4 Å². The number of carbonyl (C=O) groups excluding carboxylic acids is 2. The zero-order valence-corrected chi connectivity index (χ0v) is 13.9. The van der Waals surface area contributed by atoms with E-state index in [2.05, 4.69) is 21.9 Å². The Hall–Kier alpha value is -2.68. The van der Waals surface area contributed by atoms with Crippen LogP contribution in [0.2, 0.25) is 0 Å². The van der Waals surface area contributed by atoms with E-state index < -0.39 is 17.7 Å². The second kappa shape index (κ2) is 8.08. The minimum Gasteiger partial charge on any atom is -0.465 e. The van der Waals surface area contributed by atoms with Crippen molar-refractivity contribution in [1.29, 1.82) is 0 Å². The highest BCUT2D eigenvalue weighted by Crippen LogP contribution is 2.13. The SMILES string of the molecule is COC(=O)c1ccc(N)c(C#CCCNC(=O)OC(C)(C)C)c1. The van der Waals surface area contributed by atoms with Crippen LogP contribution in [0.1, 0.15) is 43.1 Å². The van der Waals surface area contributed by atoms with Crippen LogP contribution in [-0.2, 0) is 9.47 Å². The summed E-state index contributed by atoms with van der Waals surface area (Å²) in [6, 6.07) is 4.76. The standard InChI is InChI=1S/C17H22N2O4/c1-17(2,3)23-16(21)19-10-6-5-7-12-11-13(15(20)22-4)8-9-14(12)18/h8-9,11H,6,10,18H2,1-4H3,(H,19,21). The Morgan fingerprint density at radius 1 is 1.30 bits per heavy atom. The molecule has 0 saturated carbocycles. The molecule has 1 aromatic carbocycles. The van der Waals surface area contributed by atoms with Gasteiger partial charge in [0.25, 0.3) is 0 Å². The molecule has 0 aliphatic carbocycles. The molecule has 124 valence electrons. The molecule has 23 heavy (non-hydrogen) atoms. The van der Waals surface area contributed by atoms with E-state index in [1.807, 2.05) is 0 Å². The van der Waals surface area contributed by atoms with E-state index in [1.54, 1.807) is 39.0 Å². The summed E-state index contributed by atoms with van der Waals surface area (Å²) >= 11 is 0. The molecule has 0 atom stereocenters. The first-order valence-corrected chi connectivity index (χ1v) is 7.16.